The second kappa shape index (κ2) is 10.2. The second-order valence-electron chi connectivity index (χ2n) is 2.51. The van der Waals surface area contributed by atoms with Gasteiger partial charge in [0.05, 0.1) is 0 Å². The summed E-state index contributed by atoms with van der Waals surface area (Å²) < 4.78 is 0. The normalized spacial score (nSPS) is 4.69. The van der Waals surface area contributed by atoms with E-state index in [1.54, 1.807) is 11.8 Å². The zero-order valence-corrected chi connectivity index (χ0v) is 9.45. The van der Waals surface area contributed by atoms with E-state index < -0.39 is 0 Å². The molecule has 0 aromatic carbocycles. The van der Waals surface area contributed by atoms with Crippen LogP contribution in [-0.4, -0.2) is 19.0 Å². The largest absolute Gasteiger partial charge is 0.338 e. The van der Waals surface area contributed by atoms with E-state index >= 15 is 0 Å². The maximum atomic E-state index is 2.74. The molecule has 0 bridgehead atoms. The summed E-state index contributed by atoms with van der Waals surface area (Å²) in [4.78, 5) is 1.71. The minimum absolute atomic E-state index is 1.71. The molecule has 0 aliphatic rings. The molecule has 74 valence electrons. The molecule has 0 atom stereocenters. The highest BCUT2D eigenvalue weighted by molar-refractivity contribution is 5.43. The summed E-state index contributed by atoms with van der Waals surface area (Å²) in [6, 6.07) is 2.74. The van der Waals surface area contributed by atoms with Crippen molar-refractivity contribution in [2.24, 2.45) is 0 Å². The van der Waals surface area contributed by atoms with Crippen molar-refractivity contribution in [3.63, 3.8) is 0 Å². The molecule has 0 aliphatic carbocycles. The van der Waals surface area contributed by atoms with Crippen LogP contribution in [0.15, 0.2) is 0 Å². The van der Waals surface area contributed by atoms with Gasteiger partial charge in [-0.25, -0.2) is 0 Å². The lowest BCUT2D eigenvalue weighted by Crippen LogP contribution is -2.00. The molecule has 0 spiro atoms. The Morgan fingerprint density at radius 2 is 0.938 bits per heavy atom. The predicted octanol–water partition coefficient (Wildman–Crippen LogP) is 0.546. The SMILES string of the molecule is CC#CC#CC#CC#CC#CC#CN(C)C. The van der Waals surface area contributed by atoms with Crippen LogP contribution in [0.2, 0.25) is 0 Å². The Bertz CT molecular complexity index is 583. The third-order valence-corrected chi connectivity index (χ3v) is 0.967. The summed E-state index contributed by atoms with van der Waals surface area (Å²) in [5.74, 6) is 28.2. The van der Waals surface area contributed by atoms with E-state index in [0.29, 0.717) is 0 Å². The summed E-state index contributed by atoms with van der Waals surface area (Å²) in [5, 5.41) is 0. The van der Waals surface area contributed by atoms with Crippen LogP contribution in [-0.2, 0) is 0 Å². The Labute approximate surface area is 97.6 Å². The fourth-order valence-corrected chi connectivity index (χ4v) is 0.452. The zero-order chi connectivity index (χ0) is 12.1. The fraction of sp³-hybridized carbons (Fsp3) is 0.200. The average molecular weight is 203 g/mol. The molecule has 0 heterocycles. The zero-order valence-electron chi connectivity index (χ0n) is 9.45. The van der Waals surface area contributed by atoms with Crippen molar-refractivity contribution in [1.29, 1.82) is 0 Å². The lowest BCUT2D eigenvalue weighted by atomic mass is 10.5. The smallest absolute Gasteiger partial charge is 0.0211 e. The second-order valence-corrected chi connectivity index (χ2v) is 2.51. The van der Waals surface area contributed by atoms with Crippen molar-refractivity contribution in [2.75, 3.05) is 14.1 Å². The van der Waals surface area contributed by atoms with E-state index in [4.69, 9.17) is 0 Å². The number of hydrogen-bond acceptors (Lipinski definition) is 1. The molecular weight excluding hydrogens is 194 g/mol. The van der Waals surface area contributed by atoms with Gasteiger partial charge in [0, 0.05) is 49.7 Å². The summed E-state index contributed by atoms with van der Waals surface area (Å²) in [5.41, 5.74) is 0. The van der Waals surface area contributed by atoms with Gasteiger partial charge in [-0.3, -0.25) is 0 Å². The Hall–Kier alpha value is -2.84. The van der Waals surface area contributed by atoms with Gasteiger partial charge in [-0.2, -0.15) is 0 Å². The maximum absolute atomic E-state index is 2.74. The first-order chi connectivity index (χ1) is 7.77. The molecule has 0 N–H and O–H groups in total. The molecule has 0 aromatic heterocycles. The van der Waals surface area contributed by atoms with E-state index in [2.05, 4.69) is 71.2 Å². The van der Waals surface area contributed by atoms with Crippen molar-refractivity contribution in [3.8, 4) is 71.2 Å². The Kier molecular flexibility index (Phi) is 8.42. The van der Waals surface area contributed by atoms with Gasteiger partial charge in [-0.1, -0.05) is 5.92 Å². The predicted molar refractivity (Wildman–Crippen MR) is 66.0 cm³/mol. The first kappa shape index (κ1) is 13.2. The van der Waals surface area contributed by atoms with Crippen LogP contribution in [0.3, 0.4) is 0 Å². The standard InChI is InChI=1S/C15H9N/c1-4-5-6-7-8-9-10-11-12-13-14-15-16(2)3/h1-3H3. The van der Waals surface area contributed by atoms with Crippen molar-refractivity contribution in [1.82, 2.24) is 4.90 Å². The van der Waals surface area contributed by atoms with Crippen LogP contribution in [0.25, 0.3) is 0 Å². The van der Waals surface area contributed by atoms with Crippen LogP contribution in [0.1, 0.15) is 6.92 Å². The molecule has 16 heavy (non-hydrogen) atoms. The lowest BCUT2D eigenvalue weighted by Gasteiger charge is -1.94. The molecular formula is C15H9N. The summed E-state index contributed by atoms with van der Waals surface area (Å²) in [6.07, 6.45) is 0. The molecule has 0 saturated carbocycles. The molecule has 0 aromatic rings. The topological polar surface area (TPSA) is 3.24 Å². The number of nitrogens with zero attached hydrogens (tertiary/aromatic N) is 1. The highest BCUT2D eigenvalue weighted by atomic mass is 15.0. The van der Waals surface area contributed by atoms with Crippen LogP contribution in [0.4, 0.5) is 0 Å². The number of rotatable bonds is 0. The van der Waals surface area contributed by atoms with Crippen LogP contribution >= 0.6 is 0 Å². The van der Waals surface area contributed by atoms with Gasteiger partial charge in [-0.05, 0) is 36.5 Å². The van der Waals surface area contributed by atoms with Gasteiger partial charge in [-0.15, -0.1) is 0 Å². The Balaban J connectivity index is 4.20. The quantitative estimate of drug-likeness (QED) is 0.410. The van der Waals surface area contributed by atoms with E-state index in [1.807, 2.05) is 14.1 Å². The van der Waals surface area contributed by atoms with Crippen LogP contribution < -0.4 is 0 Å². The molecule has 0 rings (SSSR count). The van der Waals surface area contributed by atoms with Gasteiger partial charge in [0.1, 0.15) is 0 Å². The van der Waals surface area contributed by atoms with Gasteiger partial charge in [0.25, 0.3) is 0 Å². The van der Waals surface area contributed by atoms with E-state index in [9.17, 15) is 0 Å². The van der Waals surface area contributed by atoms with Gasteiger partial charge in [0.15, 0.2) is 0 Å². The third-order valence-electron chi connectivity index (χ3n) is 0.967. The van der Waals surface area contributed by atoms with Crippen LogP contribution in [0, 0.1) is 71.2 Å². The highest BCUT2D eigenvalue weighted by Gasteiger charge is 1.67. The van der Waals surface area contributed by atoms with E-state index in [-0.39, 0.29) is 0 Å². The van der Waals surface area contributed by atoms with Crippen molar-refractivity contribution in [3.05, 3.63) is 0 Å². The van der Waals surface area contributed by atoms with Crippen molar-refractivity contribution in [2.45, 2.75) is 6.92 Å². The van der Waals surface area contributed by atoms with Gasteiger partial charge in [0.2, 0.25) is 0 Å². The van der Waals surface area contributed by atoms with E-state index in [0.717, 1.165) is 0 Å². The summed E-state index contributed by atoms with van der Waals surface area (Å²) >= 11 is 0. The maximum Gasteiger partial charge on any atom is 0.0211 e. The summed E-state index contributed by atoms with van der Waals surface area (Å²) in [6.45, 7) is 1.71. The Morgan fingerprint density at radius 1 is 0.562 bits per heavy atom. The van der Waals surface area contributed by atoms with Crippen LogP contribution in [0.5, 0.6) is 0 Å². The molecule has 1 heteroatoms. The van der Waals surface area contributed by atoms with E-state index in [1.165, 1.54) is 0 Å². The molecule has 0 radical (unpaired) electrons. The third kappa shape index (κ3) is 11.2. The minimum atomic E-state index is 1.71. The minimum Gasteiger partial charge on any atom is -0.338 e. The van der Waals surface area contributed by atoms with Crippen molar-refractivity contribution < 1.29 is 0 Å². The van der Waals surface area contributed by atoms with Gasteiger partial charge < -0.3 is 4.90 Å². The monoisotopic (exact) mass is 203 g/mol. The lowest BCUT2D eigenvalue weighted by molar-refractivity contribution is 0.598. The molecule has 0 saturated heterocycles. The first-order valence-electron chi connectivity index (χ1n) is 4.37. The molecule has 0 fully saturated rings. The Morgan fingerprint density at radius 3 is 1.31 bits per heavy atom. The molecule has 0 amide bonds. The average Bonchev–Trinajstić information content (AvgIpc) is 2.25. The molecule has 0 unspecified atom stereocenters. The van der Waals surface area contributed by atoms with Crippen molar-refractivity contribution >= 4 is 0 Å². The number of hydrogen-bond donors (Lipinski definition) is 0. The first-order valence-corrected chi connectivity index (χ1v) is 4.37. The van der Waals surface area contributed by atoms with Gasteiger partial charge >= 0.3 is 0 Å². The highest BCUT2D eigenvalue weighted by Crippen LogP contribution is 1.63. The fourth-order valence-electron chi connectivity index (χ4n) is 0.452. The summed E-state index contributed by atoms with van der Waals surface area (Å²) in [7, 11) is 3.67. The molecule has 1 nitrogen and oxygen atoms in total. The molecule has 0 aliphatic heterocycles.